The van der Waals surface area contributed by atoms with Gasteiger partial charge in [0, 0.05) is 43.8 Å². The fourth-order valence-electron chi connectivity index (χ4n) is 5.48. The number of nitrogens with one attached hydrogen (secondary N) is 1. The summed E-state index contributed by atoms with van der Waals surface area (Å²) in [7, 11) is -3.60. The Morgan fingerprint density at radius 3 is 2.54 bits per heavy atom. The molecule has 4 heterocycles. The molecule has 1 aliphatic carbocycles. The molecule has 0 bridgehead atoms. The van der Waals surface area contributed by atoms with Gasteiger partial charge in [0.1, 0.15) is 5.65 Å². The van der Waals surface area contributed by atoms with Crippen LogP contribution in [0.25, 0.3) is 11.0 Å². The fourth-order valence-corrected chi connectivity index (χ4v) is 7.21. The molecule has 2 atom stereocenters. The number of nitriles is 1. The Labute approximate surface area is 212 Å². The van der Waals surface area contributed by atoms with Gasteiger partial charge in [-0.25, -0.2) is 13.8 Å². The number of aromatic nitrogens is 3. The minimum Gasteiger partial charge on any atom is -0.388 e. The monoisotopic (exact) mass is 537 g/mol. The molecule has 2 aromatic rings. The normalized spacial score (nSPS) is 26.4. The standard InChI is InChI=1S/C23H29F2N7O4S/c1-23(34)6-2-3-18(23)32-20-15(9-17(19(24)25)21(32)33)11-27-22(29-20)28-16-4-7-30(8-5-16)37(35,36)31-12-14(10-26)13-31/h9,11,14,16,18-19,34H,2-8,12-13H2,1H3,(H,27,28,29)/t18-,23-/m1/s1. The molecule has 0 spiro atoms. The molecular formula is C23H29F2N7O4S. The molecule has 11 nitrogen and oxygen atoms in total. The molecule has 0 amide bonds. The number of rotatable bonds is 6. The first-order valence-electron chi connectivity index (χ1n) is 12.4. The number of nitrogens with zero attached hydrogens (tertiary/aromatic N) is 6. The average molecular weight is 538 g/mol. The van der Waals surface area contributed by atoms with E-state index < -0.39 is 39.4 Å². The van der Waals surface area contributed by atoms with Crippen molar-refractivity contribution in [3.8, 4) is 6.07 Å². The van der Waals surface area contributed by atoms with Gasteiger partial charge in [0.2, 0.25) is 5.95 Å². The summed E-state index contributed by atoms with van der Waals surface area (Å²) >= 11 is 0. The Morgan fingerprint density at radius 2 is 1.95 bits per heavy atom. The molecule has 1 saturated carbocycles. The summed E-state index contributed by atoms with van der Waals surface area (Å²) in [6.07, 6.45) is 0.935. The van der Waals surface area contributed by atoms with Crippen LogP contribution in [0.15, 0.2) is 17.1 Å². The van der Waals surface area contributed by atoms with Gasteiger partial charge in [-0.1, -0.05) is 0 Å². The lowest BCUT2D eigenvalue weighted by Crippen LogP contribution is -2.56. The maximum Gasteiger partial charge on any atom is 0.282 e. The third kappa shape index (κ3) is 4.69. The van der Waals surface area contributed by atoms with Gasteiger partial charge in [0.15, 0.2) is 0 Å². The van der Waals surface area contributed by atoms with Crippen molar-refractivity contribution in [3.05, 3.63) is 28.2 Å². The molecule has 2 N–H and O–H groups in total. The van der Waals surface area contributed by atoms with Crippen molar-refractivity contribution in [2.75, 3.05) is 31.5 Å². The number of aliphatic hydroxyl groups is 1. The molecule has 2 aliphatic heterocycles. The van der Waals surface area contributed by atoms with Gasteiger partial charge in [-0.2, -0.15) is 27.3 Å². The van der Waals surface area contributed by atoms with Gasteiger partial charge in [0.05, 0.1) is 29.2 Å². The van der Waals surface area contributed by atoms with Crippen LogP contribution in [0.3, 0.4) is 0 Å². The number of anilines is 1. The molecule has 0 radical (unpaired) electrons. The summed E-state index contributed by atoms with van der Waals surface area (Å²) in [5.74, 6) is -0.0647. The second kappa shape index (κ2) is 9.54. The summed E-state index contributed by atoms with van der Waals surface area (Å²) in [5.41, 5.74) is -2.60. The molecule has 3 aliphatic rings. The number of hydrogen-bond acceptors (Lipinski definition) is 8. The molecule has 5 rings (SSSR count). The van der Waals surface area contributed by atoms with Gasteiger partial charge < -0.3 is 10.4 Å². The number of piperidine rings is 1. The van der Waals surface area contributed by atoms with Crippen LogP contribution in [0.1, 0.15) is 57.1 Å². The largest absolute Gasteiger partial charge is 0.388 e. The van der Waals surface area contributed by atoms with Gasteiger partial charge in [-0.15, -0.1) is 0 Å². The molecule has 0 aromatic carbocycles. The molecule has 2 saturated heterocycles. The van der Waals surface area contributed by atoms with Crippen LogP contribution in [0.2, 0.25) is 0 Å². The summed E-state index contributed by atoms with van der Waals surface area (Å²) in [5, 5.41) is 23.2. The molecule has 37 heavy (non-hydrogen) atoms. The lowest BCUT2D eigenvalue weighted by Gasteiger charge is -2.40. The lowest BCUT2D eigenvalue weighted by molar-refractivity contribution is 0.0261. The van der Waals surface area contributed by atoms with Crippen LogP contribution in [-0.4, -0.2) is 74.5 Å². The number of pyridine rings is 1. The van der Waals surface area contributed by atoms with Crippen LogP contribution in [0.5, 0.6) is 0 Å². The molecule has 2 aromatic heterocycles. The zero-order valence-electron chi connectivity index (χ0n) is 20.3. The summed E-state index contributed by atoms with van der Waals surface area (Å²) < 4.78 is 56.7. The second-order valence-corrected chi connectivity index (χ2v) is 12.2. The highest BCUT2D eigenvalue weighted by molar-refractivity contribution is 7.86. The average Bonchev–Trinajstić information content (AvgIpc) is 3.16. The van der Waals surface area contributed by atoms with E-state index >= 15 is 0 Å². The summed E-state index contributed by atoms with van der Waals surface area (Å²) in [6, 6.07) is 2.34. The first-order chi connectivity index (χ1) is 17.5. The zero-order valence-corrected chi connectivity index (χ0v) is 21.2. The molecule has 0 unspecified atom stereocenters. The quantitative estimate of drug-likeness (QED) is 0.567. The van der Waals surface area contributed by atoms with Gasteiger partial charge in [-0.3, -0.25) is 9.36 Å². The number of hydrogen-bond donors (Lipinski definition) is 2. The topological polar surface area (TPSA) is 144 Å². The first-order valence-corrected chi connectivity index (χ1v) is 13.7. The van der Waals surface area contributed by atoms with Crippen LogP contribution in [-0.2, 0) is 10.2 Å². The Morgan fingerprint density at radius 1 is 1.24 bits per heavy atom. The van der Waals surface area contributed by atoms with E-state index in [1.165, 1.54) is 19.4 Å². The van der Waals surface area contributed by atoms with Crippen molar-refractivity contribution in [3.63, 3.8) is 0 Å². The Balaban J connectivity index is 1.36. The highest BCUT2D eigenvalue weighted by atomic mass is 32.2. The van der Waals surface area contributed by atoms with E-state index in [-0.39, 0.29) is 55.1 Å². The number of halogens is 2. The second-order valence-electron chi connectivity index (χ2n) is 10.3. The zero-order chi connectivity index (χ0) is 26.5. The SMILES string of the molecule is C[C@@]1(O)CCC[C@H]1n1c(=O)c(C(F)F)cc2cnc(NC3CCN(S(=O)(=O)N4CC(C#N)C4)CC3)nc21. The maximum atomic E-state index is 13.6. The predicted octanol–water partition coefficient (Wildman–Crippen LogP) is 1.78. The summed E-state index contributed by atoms with van der Waals surface area (Å²) in [4.78, 5) is 21.8. The Bertz CT molecular complexity index is 1390. The van der Waals surface area contributed by atoms with Crippen LogP contribution < -0.4 is 10.9 Å². The van der Waals surface area contributed by atoms with Crippen molar-refractivity contribution in [1.82, 2.24) is 23.1 Å². The van der Waals surface area contributed by atoms with E-state index in [9.17, 15) is 27.1 Å². The van der Waals surface area contributed by atoms with Crippen LogP contribution in [0, 0.1) is 17.2 Å². The molecule has 200 valence electrons. The third-order valence-corrected chi connectivity index (χ3v) is 9.66. The minimum absolute atomic E-state index is 0.137. The van der Waals surface area contributed by atoms with Gasteiger partial charge >= 0.3 is 0 Å². The van der Waals surface area contributed by atoms with Gasteiger partial charge in [-0.05, 0) is 45.1 Å². The molecule has 3 fully saturated rings. The minimum atomic E-state index is -3.60. The van der Waals surface area contributed by atoms with Crippen LogP contribution in [0.4, 0.5) is 14.7 Å². The highest BCUT2D eigenvalue weighted by Crippen LogP contribution is 2.40. The fraction of sp³-hybridized carbons (Fsp3) is 0.652. The summed E-state index contributed by atoms with van der Waals surface area (Å²) in [6.45, 7) is 2.60. The molecular weight excluding hydrogens is 508 g/mol. The van der Waals surface area contributed by atoms with E-state index in [0.29, 0.717) is 32.1 Å². The Hall–Kier alpha value is -2.73. The van der Waals surface area contributed by atoms with Gasteiger partial charge in [0.25, 0.3) is 22.2 Å². The smallest absolute Gasteiger partial charge is 0.282 e. The Kier molecular flexibility index (Phi) is 6.68. The van der Waals surface area contributed by atoms with Crippen molar-refractivity contribution in [2.24, 2.45) is 5.92 Å². The van der Waals surface area contributed by atoms with Crippen molar-refractivity contribution in [2.45, 2.75) is 63.1 Å². The maximum absolute atomic E-state index is 13.6. The first kappa shape index (κ1) is 25.9. The number of fused-ring (bicyclic) bond motifs is 1. The van der Waals surface area contributed by atoms with E-state index in [0.717, 1.165) is 6.07 Å². The highest BCUT2D eigenvalue weighted by Gasteiger charge is 2.41. The van der Waals surface area contributed by atoms with E-state index in [2.05, 4.69) is 21.4 Å². The van der Waals surface area contributed by atoms with E-state index in [1.807, 2.05) is 0 Å². The number of alkyl halides is 2. The van der Waals surface area contributed by atoms with Crippen molar-refractivity contribution >= 4 is 27.2 Å². The third-order valence-electron chi connectivity index (χ3n) is 7.70. The molecule has 14 heteroatoms. The van der Waals surface area contributed by atoms with E-state index in [1.54, 1.807) is 6.92 Å². The van der Waals surface area contributed by atoms with Crippen molar-refractivity contribution in [1.29, 1.82) is 5.26 Å². The predicted molar refractivity (Wildman–Crippen MR) is 130 cm³/mol. The van der Waals surface area contributed by atoms with E-state index in [4.69, 9.17) is 5.26 Å². The van der Waals surface area contributed by atoms with Crippen LogP contribution >= 0.6 is 0 Å². The van der Waals surface area contributed by atoms with Crippen molar-refractivity contribution < 1.29 is 22.3 Å². The lowest BCUT2D eigenvalue weighted by atomic mass is 9.99.